The fourth-order valence-corrected chi connectivity index (χ4v) is 2.47. The third kappa shape index (κ3) is 1.78. The van der Waals surface area contributed by atoms with Crippen LogP contribution in [0, 0.1) is 4.77 Å². The first kappa shape index (κ1) is 11.7. The Morgan fingerprint density at radius 1 is 1.44 bits per heavy atom. The van der Waals surface area contributed by atoms with Gasteiger partial charge < -0.3 is 9.55 Å². The highest BCUT2D eigenvalue weighted by Gasteiger charge is 2.21. The molecule has 0 saturated carbocycles. The molecule has 2 aromatic rings. The molecule has 0 aliphatic heterocycles. The molecule has 1 aromatic carbocycles. The molecule has 0 saturated heterocycles. The molecule has 0 atom stereocenters. The summed E-state index contributed by atoms with van der Waals surface area (Å²) < 4.78 is 2.91. The molecule has 0 spiro atoms. The molecular formula is C12H15ClN2S. The van der Waals surface area contributed by atoms with Crippen molar-refractivity contribution in [3.63, 3.8) is 0 Å². The second kappa shape index (κ2) is 3.90. The molecule has 4 heteroatoms. The number of hydrogen-bond donors (Lipinski definition) is 1. The summed E-state index contributed by atoms with van der Waals surface area (Å²) >= 11 is 11.3. The fraction of sp³-hybridized carbons (Fsp3) is 0.417. The van der Waals surface area contributed by atoms with Crippen LogP contribution < -0.4 is 0 Å². The van der Waals surface area contributed by atoms with Gasteiger partial charge in [0.25, 0.3) is 0 Å². The van der Waals surface area contributed by atoms with E-state index in [2.05, 4.69) is 30.3 Å². The van der Waals surface area contributed by atoms with Gasteiger partial charge in [-0.2, -0.15) is 0 Å². The molecule has 1 aromatic heterocycles. The minimum absolute atomic E-state index is 0.0170. The van der Waals surface area contributed by atoms with Gasteiger partial charge in [-0.05, 0) is 50.7 Å². The average Bonchev–Trinajstić information content (AvgIpc) is 2.53. The molecular weight excluding hydrogens is 240 g/mol. The highest BCUT2D eigenvalue weighted by Crippen LogP contribution is 2.27. The zero-order valence-corrected chi connectivity index (χ0v) is 11.2. The van der Waals surface area contributed by atoms with E-state index in [1.165, 1.54) is 0 Å². The Kier molecular flexibility index (Phi) is 2.84. The Bertz CT molecular complexity index is 580. The first-order valence-electron chi connectivity index (χ1n) is 5.36. The molecule has 0 bridgehead atoms. The molecule has 1 N–H and O–H groups in total. The number of halogens is 1. The van der Waals surface area contributed by atoms with Gasteiger partial charge in [-0.3, -0.25) is 0 Å². The number of imidazole rings is 1. The third-order valence-corrected chi connectivity index (χ3v) is 3.63. The monoisotopic (exact) mass is 254 g/mol. The van der Waals surface area contributed by atoms with Gasteiger partial charge in [-0.1, -0.05) is 18.5 Å². The summed E-state index contributed by atoms with van der Waals surface area (Å²) in [5.41, 5.74) is 2.13. The van der Waals surface area contributed by atoms with Crippen molar-refractivity contribution in [3.8, 4) is 0 Å². The molecule has 16 heavy (non-hydrogen) atoms. The molecule has 2 rings (SSSR count). The van der Waals surface area contributed by atoms with Gasteiger partial charge in [-0.25, -0.2) is 0 Å². The SMILES string of the molecule is CCC(C)(C)n1c(=S)[nH]c2cc(Cl)ccc21. The van der Waals surface area contributed by atoms with E-state index in [0.717, 1.165) is 27.2 Å². The van der Waals surface area contributed by atoms with E-state index in [1.54, 1.807) is 0 Å². The lowest BCUT2D eigenvalue weighted by Crippen LogP contribution is -2.25. The second-order valence-electron chi connectivity index (χ2n) is 4.59. The van der Waals surface area contributed by atoms with Crippen LogP contribution in [0.1, 0.15) is 27.2 Å². The van der Waals surface area contributed by atoms with Crippen molar-refractivity contribution in [1.29, 1.82) is 0 Å². The van der Waals surface area contributed by atoms with E-state index in [9.17, 15) is 0 Å². The number of H-pyrrole nitrogens is 1. The summed E-state index contributed by atoms with van der Waals surface area (Å²) in [7, 11) is 0. The number of aromatic amines is 1. The highest BCUT2D eigenvalue weighted by atomic mass is 35.5. The predicted molar refractivity (Wildman–Crippen MR) is 71.7 cm³/mol. The van der Waals surface area contributed by atoms with Crippen LogP contribution in [-0.2, 0) is 5.54 Å². The average molecular weight is 255 g/mol. The summed E-state index contributed by atoms with van der Waals surface area (Å²) in [5, 5.41) is 0.727. The number of rotatable bonds is 2. The zero-order valence-electron chi connectivity index (χ0n) is 9.67. The van der Waals surface area contributed by atoms with Crippen LogP contribution in [-0.4, -0.2) is 9.55 Å². The van der Waals surface area contributed by atoms with Gasteiger partial charge in [0.1, 0.15) is 0 Å². The first-order valence-corrected chi connectivity index (χ1v) is 6.15. The van der Waals surface area contributed by atoms with Gasteiger partial charge in [0.05, 0.1) is 11.0 Å². The normalized spacial score (nSPS) is 12.2. The number of hydrogen-bond acceptors (Lipinski definition) is 1. The van der Waals surface area contributed by atoms with E-state index < -0.39 is 0 Å². The lowest BCUT2D eigenvalue weighted by atomic mass is 10.0. The maximum atomic E-state index is 5.97. The lowest BCUT2D eigenvalue weighted by Gasteiger charge is -2.25. The molecule has 0 radical (unpaired) electrons. The van der Waals surface area contributed by atoms with Crippen molar-refractivity contribution >= 4 is 34.9 Å². The summed E-state index contributed by atoms with van der Waals surface area (Å²) in [6.07, 6.45) is 1.02. The fourth-order valence-electron chi connectivity index (χ4n) is 1.84. The highest BCUT2D eigenvalue weighted by molar-refractivity contribution is 7.71. The van der Waals surface area contributed by atoms with Crippen molar-refractivity contribution < 1.29 is 0 Å². The molecule has 0 unspecified atom stereocenters. The van der Waals surface area contributed by atoms with Crippen molar-refractivity contribution in [2.24, 2.45) is 0 Å². The van der Waals surface area contributed by atoms with Crippen LogP contribution >= 0.6 is 23.8 Å². The van der Waals surface area contributed by atoms with E-state index in [-0.39, 0.29) is 5.54 Å². The number of nitrogens with one attached hydrogen (secondary N) is 1. The Morgan fingerprint density at radius 2 is 2.12 bits per heavy atom. The van der Waals surface area contributed by atoms with Crippen molar-refractivity contribution in [1.82, 2.24) is 9.55 Å². The van der Waals surface area contributed by atoms with Crippen LogP contribution in [0.3, 0.4) is 0 Å². The minimum Gasteiger partial charge on any atom is -0.331 e. The Balaban J connectivity index is 2.80. The van der Waals surface area contributed by atoms with Gasteiger partial charge >= 0.3 is 0 Å². The Hall–Kier alpha value is -0.800. The predicted octanol–water partition coefficient (Wildman–Crippen LogP) is 4.50. The van der Waals surface area contributed by atoms with Crippen molar-refractivity contribution in [2.45, 2.75) is 32.7 Å². The van der Waals surface area contributed by atoms with Crippen LogP contribution in [0.4, 0.5) is 0 Å². The Morgan fingerprint density at radius 3 is 2.75 bits per heavy atom. The van der Waals surface area contributed by atoms with E-state index in [4.69, 9.17) is 23.8 Å². The summed E-state index contributed by atoms with van der Waals surface area (Å²) in [5.74, 6) is 0. The first-order chi connectivity index (χ1) is 7.45. The van der Waals surface area contributed by atoms with E-state index in [1.807, 2.05) is 18.2 Å². The van der Waals surface area contributed by atoms with Crippen molar-refractivity contribution in [2.75, 3.05) is 0 Å². The molecule has 2 nitrogen and oxygen atoms in total. The summed E-state index contributed by atoms with van der Waals surface area (Å²) in [4.78, 5) is 3.20. The smallest absolute Gasteiger partial charge is 0.178 e. The molecule has 0 fully saturated rings. The van der Waals surface area contributed by atoms with E-state index >= 15 is 0 Å². The maximum absolute atomic E-state index is 5.97. The van der Waals surface area contributed by atoms with E-state index in [0.29, 0.717) is 0 Å². The number of aromatic nitrogens is 2. The van der Waals surface area contributed by atoms with Crippen molar-refractivity contribution in [3.05, 3.63) is 28.0 Å². The molecule has 86 valence electrons. The second-order valence-corrected chi connectivity index (χ2v) is 5.42. The Labute approximate surface area is 105 Å². The quantitative estimate of drug-likeness (QED) is 0.783. The third-order valence-electron chi connectivity index (χ3n) is 3.11. The largest absolute Gasteiger partial charge is 0.331 e. The van der Waals surface area contributed by atoms with Gasteiger partial charge in [0, 0.05) is 10.6 Å². The zero-order chi connectivity index (χ0) is 11.9. The minimum atomic E-state index is 0.0170. The molecule has 0 aliphatic rings. The summed E-state index contributed by atoms with van der Waals surface area (Å²) in [6.45, 7) is 6.53. The van der Waals surface area contributed by atoms with Crippen LogP contribution in [0.25, 0.3) is 11.0 Å². The van der Waals surface area contributed by atoms with Gasteiger partial charge in [0.15, 0.2) is 4.77 Å². The van der Waals surface area contributed by atoms with Crippen LogP contribution in [0.2, 0.25) is 5.02 Å². The molecule has 0 amide bonds. The number of nitrogens with zero attached hydrogens (tertiary/aromatic N) is 1. The van der Waals surface area contributed by atoms with Crippen LogP contribution in [0.5, 0.6) is 0 Å². The van der Waals surface area contributed by atoms with Gasteiger partial charge in [0.2, 0.25) is 0 Å². The lowest BCUT2D eigenvalue weighted by molar-refractivity contribution is 0.348. The number of benzene rings is 1. The standard InChI is InChI=1S/C12H15ClN2S/c1-4-12(2,3)15-10-6-5-8(13)7-9(10)14-11(15)16/h5-7H,4H2,1-3H3,(H,14,16). The number of fused-ring (bicyclic) bond motifs is 1. The topological polar surface area (TPSA) is 20.7 Å². The maximum Gasteiger partial charge on any atom is 0.178 e. The molecule has 0 aliphatic carbocycles. The molecule has 1 heterocycles. The van der Waals surface area contributed by atoms with Gasteiger partial charge in [-0.15, -0.1) is 0 Å². The summed E-state index contributed by atoms with van der Waals surface area (Å²) in [6, 6.07) is 5.82. The van der Waals surface area contributed by atoms with Crippen LogP contribution in [0.15, 0.2) is 18.2 Å².